The molecule has 22 heavy (non-hydrogen) atoms. The summed E-state index contributed by atoms with van der Waals surface area (Å²) in [5, 5.41) is 6.25. The topological polar surface area (TPSA) is 42.0 Å². The Kier molecular flexibility index (Phi) is 3.95. The Morgan fingerprint density at radius 1 is 1.09 bits per heavy atom. The highest BCUT2D eigenvalue weighted by atomic mass is 32.1. The Labute approximate surface area is 131 Å². The van der Waals surface area contributed by atoms with Gasteiger partial charge in [0.1, 0.15) is 0 Å². The van der Waals surface area contributed by atoms with Crippen molar-refractivity contribution in [2.24, 2.45) is 0 Å². The van der Waals surface area contributed by atoms with E-state index in [9.17, 15) is 18.0 Å². The summed E-state index contributed by atoms with van der Waals surface area (Å²) in [6, 6.07) is 5.33. The summed E-state index contributed by atoms with van der Waals surface area (Å²) >= 11 is 2.65. The number of hydrogen-bond acceptors (Lipinski definition) is 4. The molecule has 3 aromatic rings. The van der Waals surface area contributed by atoms with Crippen LogP contribution in [0, 0.1) is 17.5 Å². The average Bonchev–Trinajstić information content (AvgIpc) is 3.15. The first-order valence-electron chi connectivity index (χ1n) is 6.00. The number of anilines is 1. The predicted molar refractivity (Wildman–Crippen MR) is 79.7 cm³/mol. The van der Waals surface area contributed by atoms with E-state index in [0.717, 1.165) is 22.3 Å². The lowest BCUT2D eigenvalue weighted by atomic mass is 10.2. The highest BCUT2D eigenvalue weighted by Crippen LogP contribution is 2.28. The fourth-order valence-corrected chi connectivity index (χ4v) is 3.20. The third-order valence-electron chi connectivity index (χ3n) is 2.78. The summed E-state index contributed by atoms with van der Waals surface area (Å²) in [4.78, 5) is 17.0. The number of carbonyl (C=O) groups is 1. The van der Waals surface area contributed by atoms with E-state index in [2.05, 4.69) is 10.3 Å². The van der Waals surface area contributed by atoms with Crippen LogP contribution in [0.2, 0.25) is 0 Å². The number of benzene rings is 1. The van der Waals surface area contributed by atoms with E-state index >= 15 is 0 Å². The first-order valence-corrected chi connectivity index (χ1v) is 7.76. The molecule has 0 unspecified atom stereocenters. The molecule has 0 aliphatic heterocycles. The molecule has 1 N–H and O–H groups in total. The molecule has 2 aromatic heterocycles. The SMILES string of the molecule is O=C(Nc1nc(-c2cccs2)cs1)c1ccc(F)c(F)c1F. The van der Waals surface area contributed by atoms with Gasteiger partial charge in [-0.15, -0.1) is 22.7 Å². The Morgan fingerprint density at radius 2 is 1.91 bits per heavy atom. The van der Waals surface area contributed by atoms with Gasteiger partial charge in [-0.25, -0.2) is 18.2 Å². The number of thiazole rings is 1. The summed E-state index contributed by atoms with van der Waals surface area (Å²) in [5.41, 5.74) is 0.104. The lowest BCUT2D eigenvalue weighted by Gasteiger charge is -2.04. The third-order valence-corrected chi connectivity index (χ3v) is 4.43. The van der Waals surface area contributed by atoms with Gasteiger partial charge in [0, 0.05) is 5.38 Å². The van der Waals surface area contributed by atoms with Gasteiger partial charge in [-0.3, -0.25) is 10.1 Å². The monoisotopic (exact) mass is 340 g/mol. The van der Waals surface area contributed by atoms with Gasteiger partial charge in [0.15, 0.2) is 22.6 Å². The van der Waals surface area contributed by atoms with Crippen molar-refractivity contribution in [2.75, 3.05) is 5.32 Å². The minimum Gasteiger partial charge on any atom is -0.298 e. The van der Waals surface area contributed by atoms with Crippen LogP contribution in [0.5, 0.6) is 0 Å². The van der Waals surface area contributed by atoms with Gasteiger partial charge in [-0.1, -0.05) is 6.07 Å². The van der Waals surface area contributed by atoms with Gasteiger partial charge < -0.3 is 0 Å². The van der Waals surface area contributed by atoms with Crippen LogP contribution in [0.1, 0.15) is 10.4 Å². The molecule has 8 heteroatoms. The smallest absolute Gasteiger partial charge is 0.260 e. The number of amides is 1. The Bertz CT molecular complexity index is 831. The van der Waals surface area contributed by atoms with Crippen molar-refractivity contribution < 1.29 is 18.0 Å². The normalized spacial score (nSPS) is 10.7. The van der Waals surface area contributed by atoms with Crippen LogP contribution in [0.25, 0.3) is 10.6 Å². The minimum atomic E-state index is -1.67. The van der Waals surface area contributed by atoms with Crippen LogP contribution in [-0.2, 0) is 0 Å². The molecule has 1 amide bonds. The molecule has 0 saturated carbocycles. The van der Waals surface area contributed by atoms with Crippen molar-refractivity contribution in [1.82, 2.24) is 4.98 Å². The number of aromatic nitrogens is 1. The molecule has 0 fully saturated rings. The maximum absolute atomic E-state index is 13.6. The van der Waals surface area contributed by atoms with Crippen LogP contribution in [0.4, 0.5) is 18.3 Å². The molecule has 0 aliphatic rings. The zero-order chi connectivity index (χ0) is 15.7. The maximum atomic E-state index is 13.6. The number of halogens is 3. The molecule has 112 valence electrons. The fraction of sp³-hybridized carbons (Fsp3) is 0. The molecule has 0 aliphatic carbocycles. The maximum Gasteiger partial charge on any atom is 0.260 e. The molecule has 2 heterocycles. The number of nitrogens with zero attached hydrogens (tertiary/aromatic N) is 1. The molecule has 0 saturated heterocycles. The molecule has 3 rings (SSSR count). The second-order valence-corrected chi connectivity index (χ2v) is 6.00. The van der Waals surface area contributed by atoms with Crippen molar-refractivity contribution in [2.45, 2.75) is 0 Å². The highest BCUT2D eigenvalue weighted by molar-refractivity contribution is 7.16. The van der Waals surface area contributed by atoms with E-state index < -0.39 is 28.9 Å². The van der Waals surface area contributed by atoms with Crippen LogP contribution in [0.15, 0.2) is 35.0 Å². The van der Waals surface area contributed by atoms with Crippen molar-refractivity contribution >= 4 is 33.7 Å². The van der Waals surface area contributed by atoms with E-state index in [4.69, 9.17) is 0 Å². The average molecular weight is 340 g/mol. The van der Waals surface area contributed by atoms with Crippen LogP contribution >= 0.6 is 22.7 Å². The summed E-state index contributed by atoms with van der Waals surface area (Å²) in [5.74, 6) is -5.43. The van der Waals surface area contributed by atoms with Crippen molar-refractivity contribution in [3.63, 3.8) is 0 Å². The Morgan fingerprint density at radius 3 is 2.64 bits per heavy atom. The number of thiophene rings is 1. The van der Waals surface area contributed by atoms with Crippen LogP contribution < -0.4 is 5.32 Å². The highest BCUT2D eigenvalue weighted by Gasteiger charge is 2.19. The van der Waals surface area contributed by atoms with Crippen molar-refractivity contribution in [3.05, 3.63) is 58.0 Å². The first kappa shape index (κ1) is 14.7. The molecule has 0 spiro atoms. The van der Waals surface area contributed by atoms with Gasteiger partial charge in [0.25, 0.3) is 5.91 Å². The van der Waals surface area contributed by atoms with E-state index in [-0.39, 0.29) is 5.13 Å². The number of nitrogens with one attached hydrogen (secondary N) is 1. The zero-order valence-electron chi connectivity index (χ0n) is 10.8. The second-order valence-electron chi connectivity index (χ2n) is 4.19. The third kappa shape index (κ3) is 2.75. The van der Waals surface area contributed by atoms with Crippen LogP contribution in [0.3, 0.4) is 0 Å². The van der Waals surface area contributed by atoms with E-state index in [1.807, 2.05) is 17.5 Å². The van der Waals surface area contributed by atoms with E-state index in [0.29, 0.717) is 11.8 Å². The molecule has 1 aromatic carbocycles. The quantitative estimate of drug-likeness (QED) is 0.711. The molecule has 0 atom stereocenters. The molecule has 0 radical (unpaired) electrons. The Balaban J connectivity index is 1.82. The fourth-order valence-electron chi connectivity index (χ4n) is 1.73. The van der Waals surface area contributed by atoms with Gasteiger partial charge in [-0.2, -0.15) is 0 Å². The van der Waals surface area contributed by atoms with Crippen molar-refractivity contribution in [3.8, 4) is 10.6 Å². The van der Waals surface area contributed by atoms with E-state index in [1.165, 1.54) is 11.3 Å². The second kappa shape index (κ2) is 5.90. The van der Waals surface area contributed by atoms with Crippen LogP contribution in [-0.4, -0.2) is 10.9 Å². The van der Waals surface area contributed by atoms with Gasteiger partial charge in [0.2, 0.25) is 0 Å². The van der Waals surface area contributed by atoms with Gasteiger partial charge >= 0.3 is 0 Å². The van der Waals surface area contributed by atoms with Gasteiger partial charge in [0.05, 0.1) is 16.1 Å². The summed E-state index contributed by atoms with van der Waals surface area (Å²) in [6.07, 6.45) is 0. The molecule has 3 nitrogen and oxygen atoms in total. The summed E-state index contributed by atoms with van der Waals surface area (Å²) in [7, 11) is 0. The minimum absolute atomic E-state index is 0.248. The lowest BCUT2D eigenvalue weighted by molar-refractivity contribution is 0.102. The molecular weight excluding hydrogens is 333 g/mol. The van der Waals surface area contributed by atoms with Crippen molar-refractivity contribution in [1.29, 1.82) is 0 Å². The molecule has 0 bridgehead atoms. The molecular formula is C14H7F3N2OS2. The summed E-state index contributed by atoms with van der Waals surface area (Å²) in [6.45, 7) is 0. The zero-order valence-corrected chi connectivity index (χ0v) is 12.4. The van der Waals surface area contributed by atoms with Gasteiger partial charge in [-0.05, 0) is 23.6 Å². The Hall–Kier alpha value is -2.19. The standard InChI is InChI=1S/C14H7F3N2OS2/c15-8-4-3-7(11(16)12(8)17)13(20)19-14-18-9(6-22-14)10-2-1-5-21-10/h1-6H,(H,18,19,20). The number of hydrogen-bond donors (Lipinski definition) is 1. The predicted octanol–water partition coefficient (Wildman–Crippen LogP) is 4.54. The number of rotatable bonds is 3. The largest absolute Gasteiger partial charge is 0.298 e. The summed E-state index contributed by atoms with van der Waals surface area (Å²) < 4.78 is 39.5. The van der Waals surface area contributed by atoms with E-state index in [1.54, 1.807) is 5.38 Å². The lowest BCUT2D eigenvalue weighted by Crippen LogP contribution is -2.15. The first-order chi connectivity index (χ1) is 10.6. The number of carbonyl (C=O) groups excluding carboxylic acids is 1.